The molecule has 3 heterocycles. The maximum Gasteiger partial charge on any atom is 0.491 e. The predicted molar refractivity (Wildman–Crippen MR) is 164 cm³/mol. The number of para-hydroxylation sites is 1. The second kappa shape index (κ2) is 13.6. The summed E-state index contributed by atoms with van der Waals surface area (Å²) in [6.45, 7) is 4.54. The number of nitrogens with zero attached hydrogens (tertiary/aromatic N) is 4. The number of hydrogen-bond acceptors (Lipinski definition) is 8. The van der Waals surface area contributed by atoms with Crippen molar-refractivity contribution in [1.29, 1.82) is 0 Å². The average molecular weight is 670 g/mol. The number of benzene rings is 2. The average Bonchev–Trinajstić information content (AvgIpc) is 3.01. The smallest absolute Gasteiger partial charge is 0.418 e. The van der Waals surface area contributed by atoms with E-state index in [2.05, 4.69) is 30.9 Å². The van der Waals surface area contributed by atoms with Crippen LogP contribution in [0.15, 0.2) is 54.7 Å². The Labute approximate surface area is 270 Å². The number of ether oxygens (including phenoxy) is 1. The van der Waals surface area contributed by atoms with Gasteiger partial charge in [-0.2, -0.15) is 18.2 Å². The lowest BCUT2D eigenvalue weighted by Crippen LogP contribution is -2.43. The molecule has 5 rings (SSSR count). The van der Waals surface area contributed by atoms with Gasteiger partial charge in [0, 0.05) is 42.0 Å². The maximum atomic E-state index is 15.1. The van der Waals surface area contributed by atoms with Crippen LogP contribution in [0.5, 0.6) is 5.75 Å². The van der Waals surface area contributed by atoms with Crippen molar-refractivity contribution < 1.29 is 41.1 Å². The molecule has 1 aliphatic rings. The van der Waals surface area contributed by atoms with Crippen molar-refractivity contribution in [3.8, 4) is 17.0 Å². The monoisotopic (exact) mass is 669 g/mol. The van der Waals surface area contributed by atoms with Gasteiger partial charge >= 0.3 is 18.2 Å². The molecule has 1 aliphatic heterocycles. The zero-order chi connectivity index (χ0) is 34.7. The van der Waals surface area contributed by atoms with Crippen LogP contribution in [0, 0.1) is 18.6 Å². The number of aromatic nitrogens is 3. The number of carbonyl (C=O) groups excluding carboxylic acids is 3. The highest BCUT2D eigenvalue weighted by molar-refractivity contribution is 6.04. The van der Waals surface area contributed by atoms with Gasteiger partial charge in [0.25, 0.3) is 5.91 Å². The standard InChI is InChI=1S/C32H28F5N7O4/c1-16(2)41-28(45)19-11-10-17(3)23(26(19)48-29(46)32(35,36)37)24-20-15-40-31(47)44(25-21(33)8-6-9-22(25)34)27(20)43-30(42-24)39-14-12-18-7-4-5-13-38-18/h4-11,13,16H,12,14-15H2,1-3H3,(H,40,47)(H,41,45)(H,39,42,43). The summed E-state index contributed by atoms with van der Waals surface area (Å²) in [4.78, 5) is 52.4. The number of carbonyl (C=O) groups is 3. The predicted octanol–water partition coefficient (Wildman–Crippen LogP) is 5.75. The van der Waals surface area contributed by atoms with Crippen LogP contribution >= 0.6 is 0 Å². The number of alkyl halides is 3. The van der Waals surface area contributed by atoms with E-state index < -0.39 is 58.8 Å². The normalized spacial score (nSPS) is 12.8. The van der Waals surface area contributed by atoms with E-state index in [1.54, 1.807) is 38.2 Å². The minimum atomic E-state index is -5.44. The second-order valence-corrected chi connectivity index (χ2v) is 10.9. The molecule has 3 N–H and O–H groups in total. The molecular formula is C32H28F5N7O4. The van der Waals surface area contributed by atoms with Crippen LogP contribution in [0.25, 0.3) is 11.3 Å². The summed E-state index contributed by atoms with van der Waals surface area (Å²) in [5.74, 6) is -6.93. The zero-order valence-corrected chi connectivity index (χ0v) is 25.7. The molecule has 4 aromatic rings. The van der Waals surface area contributed by atoms with Crippen molar-refractivity contribution >= 4 is 35.4 Å². The van der Waals surface area contributed by atoms with E-state index in [1.165, 1.54) is 19.1 Å². The summed E-state index contributed by atoms with van der Waals surface area (Å²) in [6.07, 6.45) is -3.48. The molecule has 16 heteroatoms. The molecule has 250 valence electrons. The number of pyridine rings is 1. The summed E-state index contributed by atoms with van der Waals surface area (Å²) in [5.41, 5.74) is -0.687. The first-order chi connectivity index (χ1) is 22.8. The van der Waals surface area contributed by atoms with Crippen LogP contribution < -0.4 is 25.6 Å². The maximum absolute atomic E-state index is 15.1. The minimum absolute atomic E-state index is 0.00125. The van der Waals surface area contributed by atoms with Crippen LogP contribution in [0.2, 0.25) is 0 Å². The fraction of sp³-hybridized carbons (Fsp3) is 0.250. The number of halogens is 5. The van der Waals surface area contributed by atoms with Crippen molar-refractivity contribution in [3.63, 3.8) is 0 Å². The van der Waals surface area contributed by atoms with Gasteiger partial charge < -0.3 is 20.7 Å². The molecule has 0 atom stereocenters. The Balaban J connectivity index is 1.76. The van der Waals surface area contributed by atoms with Crippen molar-refractivity contribution in [2.45, 2.75) is 46.0 Å². The van der Waals surface area contributed by atoms with E-state index in [4.69, 9.17) is 4.74 Å². The third-order valence-electron chi connectivity index (χ3n) is 7.06. The van der Waals surface area contributed by atoms with E-state index in [9.17, 15) is 27.6 Å². The second-order valence-electron chi connectivity index (χ2n) is 10.9. The lowest BCUT2D eigenvalue weighted by Gasteiger charge is -2.31. The Morgan fingerprint density at radius 3 is 2.42 bits per heavy atom. The van der Waals surface area contributed by atoms with Crippen LogP contribution in [-0.4, -0.2) is 51.6 Å². The first-order valence-corrected chi connectivity index (χ1v) is 14.6. The Morgan fingerprint density at radius 2 is 1.77 bits per heavy atom. The molecule has 0 unspecified atom stereocenters. The Bertz CT molecular complexity index is 1870. The SMILES string of the molecule is Cc1ccc(C(=O)NC(C)C)c(OC(=O)C(F)(F)F)c1-c1nc(NCCc2ccccn2)nc2c1CNC(=O)N2c1c(F)cccc1F. The summed E-state index contributed by atoms with van der Waals surface area (Å²) in [5, 5.41) is 8.01. The number of aryl methyl sites for hydroxylation is 1. The van der Waals surface area contributed by atoms with E-state index in [0.29, 0.717) is 17.0 Å². The van der Waals surface area contributed by atoms with Gasteiger partial charge in [0.15, 0.2) is 11.6 Å². The molecule has 0 radical (unpaired) electrons. The first kappa shape index (κ1) is 33.7. The van der Waals surface area contributed by atoms with Crippen LogP contribution in [0.4, 0.5) is 44.2 Å². The largest absolute Gasteiger partial charge is 0.491 e. The van der Waals surface area contributed by atoms with Crippen molar-refractivity contribution in [1.82, 2.24) is 25.6 Å². The molecule has 0 bridgehead atoms. The lowest BCUT2D eigenvalue weighted by atomic mass is 9.95. The summed E-state index contributed by atoms with van der Waals surface area (Å²) >= 11 is 0. The molecule has 48 heavy (non-hydrogen) atoms. The number of nitrogens with one attached hydrogen (secondary N) is 3. The lowest BCUT2D eigenvalue weighted by molar-refractivity contribution is -0.189. The third kappa shape index (κ3) is 7.01. The van der Waals surface area contributed by atoms with Crippen LogP contribution in [-0.2, 0) is 17.8 Å². The zero-order valence-electron chi connectivity index (χ0n) is 25.7. The highest BCUT2D eigenvalue weighted by Gasteiger charge is 2.43. The van der Waals surface area contributed by atoms with E-state index >= 15 is 8.78 Å². The molecule has 0 spiro atoms. The topological polar surface area (TPSA) is 138 Å². The number of urea groups is 1. The van der Waals surface area contributed by atoms with Crippen molar-refractivity contribution in [2.24, 2.45) is 0 Å². The number of esters is 1. The van der Waals surface area contributed by atoms with Crippen LogP contribution in [0.3, 0.4) is 0 Å². The molecule has 0 aliphatic carbocycles. The molecule has 3 amide bonds. The fourth-order valence-corrected chi connectivity index (χ4v) is 4.95. The molecule has 11 nitrogen and oxygen atoms in total. The molecule has 0 saturated carbocycles. The van der Waals surface area contributed by atoms with Gasteiger partial charge in [-0.1, -0.05) is 18.2 Å². The number of fused-ring (bicyclic) bond motifs is 1. The number of rotatable bonds is 9. The van der Waals surface area contributed by atoms with Gasteiger partial charge in [-0.25, -0.2) is 28.3 Å². The summed E-state index contributed by atoms with van der Waals surface area (Å²) in [6, 6.07) is 9.45. The van der Waals surface area contributed by atoms with Gasteiger partial charge in [-0.3, -0.25) is 9.78 Å². The molecule has 0 saturated heterocycles. The van der Waals surface area contributed by atoms with Crippen molar-refractivity contribution in [2.75, 3.05) is 16.8 Å². The quantitative estimate of drug-likeness (QED) is 0.116. The number of hydrogen-bond donors (Lipinski definition) is 3. The minimum Gasteiger partial charge on any atom is -0.418 e. The highest BCUT2D eigenvalue weighted by atomic mass is 19.4. The fourth-order valence-electron chi connectivity index (χ4n) is 4.95. The summed E-state index contributed by atoms with van der Waals surface area (Å²) in [7, 11) is 0. The molecule has 2 aromatic heterocycles. The van der Waals surface area contributed by atoms with Gasteiger partial charge in [0.05, 0.1) is 17.8 Å². The van der Waals surface area contributed by atoms with E-state index in [-0.39, 0.29) is 47.2 Å². The number of amides is 3. The first-order valence-electron chi connectivity index (χ1n) is 14.6. The van der Waals surface area contributed by atoms with E-state index in [1.807, 2.05) is 0 Å². The van der Waals surface area contributed by atoms with Crippen LogP contribution in [0.1, 0.15) is 41.0 Å². The molecule has 2 aromatic carbocycles. The Kier molecular flexibility index (Phi) is 9.54. The van der Waals surface area contributed by atoms with Crippen molar-refractivity contribution in [3.05, 3.63) is 88.7 Å². The van der Waals surface area contributed by atoms with Gasteiger partial charge in [0.1, 0.15) is 17.3 Å². The van der Waals surface area contributed by atoms with E-state index in [0.717, 1.165) is 18.2 Å². The molecule has 0 fully saturated rings. The number of anilines is 3. The third-order valence-corrected chi connectivity index (χ3v) is 7.06. The molecular weight excluding hydrogens is 641 g/mol. The van der Waals surface area contributed by atoms with Gasteiger partial charge in [-0.05, 0) is 56.7 Å². The van der Waals surface area contributed by atoms with Gasteiger partial charge in [0.2, 0.25) is 5.95 Å². The highest BCUT2D eigenvalue weighted by Crippen LogP contribution is 2.43. The van der Waals surface area contributed by atoms with Gasteiger partial charge in [-0.15, -0.1) is 0 Å². The Morgan fingerprint density at radius 1 is 1.04 bits per heavy atom. The summed E-state index contributed by atoms with van der Waals surface area (Å²) < 4.78 is 75.7. The Hall–Kier alpha value is -5.67.